The normalized spacial score (nSPS) is 12.5. The number of hydrogen-bond acceptors (Lipinski definition) is 2. The van der Waals surface area contributed by atoms with Gasteiger partial charge in [0.2, 0.25) is 0 Å². The van der Waals surface area contributed by atoms with Gasteiger partial charge in [-0.3, -0.25) is 0 Å². The third kappa shape index (κ3) is 5.26. The molecule has 15 heavy (non-hydrogen) atoms. The maximum Gasteiger partial charge on any atom is 0.0406 e. The minimum Gasteiger partial charge on any atom is -0.327 e. The van der Waals surface area contributed by atoms with Crippen LogP contribution in [0.15, 0.2) is 41.3 Å². The van der Waals surface area contributed by atoms with Crippen molar-refractivity contribution in [2.24, 2.45) is 5.73 Å². The number of halogens is 1. The van der Waals surface area contributed by atoms with E-state index in [0.29, 0.717) is 0 Å². The first kappa shape index (κ1) is 12.6. The third-order valence-electron chi connectivity index (χ3n) is 1.89. The van der Waals surface area contributed by atoms with E-state index in [0.717, 1.165) is 22.8 Å². The molecule has 1 atom stereocenters. The molecule has 82 valence electrons. The summed E-state index contributed by atoms with van der Waals surface area (Å²) in [6, 6.07) is 8.01. The number of rotatable bonds is 5. The molecule has 0 bridgehead atoms. The highest BCUT2D eigenvalue weighted by molar-refractivity contribution is 7.99. The van der Waals surface area contributed by atoms with Gasteiger partial charge < -0.3 is 5.73 Å². The second kappa shape index (κ2) is 6.21. The maximum atomic E-state index is 5.94. The minimum atomic E-state index is 0.183. The largest absolute Gasteiger partial charge is 0.327 e. The Morgan fingerprint density at radius 2 is 2.07 bits per heavy atom. The van der Waals surface area contributed by atoms with E-state index in [-0.39, 0.29) is 6.04 Å². The summed E-state index contributed by atoms with van der Waals surface area (Å²) in [6.07, 6.45) is 0.889. The second-order valence-electron chi connectivity index (χ2n) is 3.69. The number of thioether (sulfide) groups is 1. The Balaban J connectivity index is 2.36. The molecule has 0 aliphatic heterocycles. The third-order valence-corrected chi connectivity index (χ3v) is 3.34. The van der Waals surface area contributed by atoms with Crippen LogP contribution in [-0.2, 0) is 0 Å². The van der Waals surface area contributed by atoms with Gasteiger partial charge in [0.1, 0.15) is 0 Å². The number of nitrogens with two attached hydrogens (primary N) is 1. The highest BCUT2D eigenvalue weighted by Gasteiger charge is 2.03. The molecule has 1 nitrogen and oxygen atoms in total. The summed E-state index contributed by atoms with van der Waals surface area (Å²) in [5.74, 6) is 0.911. The summed E-state index contributed by atoms with van der Waals surface area (Å²) in [6.45, 7) is 5.86. The van der Waals surface area contributed by atoms with E-state index in [1.54, 1.807) is 11.8 Å². The number of hydrogen-bond donors (Lipinski definition) is 1. The van der Waals surface area contributed by atoms with E-state index in [1.165, 1.54) is 4.90 Å². The summed E-state index contributed by atoms with van der Waals surface area (Å²) < 4.78 is 0. The van der Waals surface area contributed by atoms with Crippen molar-refractivity contribution >= 4 is 23.4 Å². The molecular formula is C12H16ClNS. The minimum absolute atomic E-state index is 0.183. The molecule has 0 aromatic heterocycles. The van der Waals surface area contributed by atoms with E-state index < -0.39 is 0 Å². The molecule has 1 aromatic carbocycles. The fourth-order valence-electron chi connectivity index (χ4n) is 1.24. The van der Waals surface area contributed by atoms with Crippen LogP contribution in [-0.4, -0.2) is 11.8 Å². The van der Waals surface area contributed by atoms with Gasteiger partial charge in [-0.1, -0.05) is 17.2 Å². The Hall–Kier alpha value is -0.440. The summed E-state index contributed by atoms with van der Waals surface area (Å²) in [4.78, 5) is 1.21. The van der Waals surface area contributed by atoms with Crippen LogP contribution in [0.5, 0.6) is 0 Å². The predicted molar refractivity (Wildman–Crippen MR) is 69.6 cm³/mol. The van der Waals surface area contributed by atoms with Gasteiger partial charge in [0, 0.05) is 21.7 Å². The van der Waals surface area contributed by atoms with Crippen molar-refractivity contribution < 1.29 is 0 Å². The average molecular weight is 242 g/mol. The zero-order valence-electron chi connectivity index (χ0n) is 8.87. The second-order valence-corrected chi connectivity index (χ2v) is 5.22. The van der Waals surface area contributed by atoms with Crippen LogP contribution >= 0.6 is 23.4 Å². The Morgan fingerprint density at radius 3 is 2.60 bits per heavy atom. The molecule has 0 aliphatic rings. The summed E-state index contributed by atoms with van der Waals surface area (Å²) >= 11 is 7.55. The predicted octanol–water partition coefficient (Wildman–Crippen LogP) is 3.73. The number of benzene rings is 1. The van der Waals surface area contributed by atoms with E-state index in [1.807, 2.05) is 31.2 Å². The monoisotopic (exact) mass is 241 g/mol. The van der Waals surface area contributed by atoms with Crippen molar-refractivity contribution in [3.8, 4) is 0 Å². The smallest absolute Gasteiger partial charge is 0.0406 e. The topological polar surface area (TPSA) is 26.0 Å². The summed E-state index contributed by atoms with van der Waals surface area (Å²) in [7, 11) is 0. The first-order valence-electron chi connectivity index (χ1n) is 4.86. The maximum absolute atomic E-state index is 5.94. The highest BCUT2D eigenvalue weighted by atomic mass is 35.5. The van der Waals surface area contributed by atoms with Gasteiger partial charge in [0.05, 0.1) is 0 Å². The Bertz CT molecular complexity index is 321. The van der Waals surface area contributed by atoms with Crippen LogP contribution < -0.4 is 5.73 Å². The molecule has 0 radical (unpaired) electrons. The van der Waals surface area contributed by atoms with Crippen LogP contribution in [0, 0.1) is 0 Å². The fourth-order valence-corrected chi connectivity index (χ4v) is 2.22. The Labute approximate surface area is 101 Å². The molecule has 3 heteroatoms. The van der Waals surface area contributed by atoms with Crippen LogP contribution in [0.3, 0.4) is 0 Å². The van der Waals surface area contributed by atoms with Gasteiger partial charge in [0.15, 0.2) is 0 Å². The molecule has 0 heterocycles. The molecule has 0 amide bonds. The van der Waals surface area contributed by atoms with E-state index >= 15 is 0 Å². The average Bonchev–Trinajstić information content (AvgIpc) is 2.16. The molecule has 0 saturated carbocycles. The van der Waals surface area contributed by atoms with Gasteiger partial charge in [-0.15, -0.1) is 18.3 Å². The zero-order chi connectivity index (χ0) is 11.3. The first-order valence-corrected chi connectivity index (χ1v) is 6.22. The van der Waals surface area contributed by atoms with Gasteiger partial charge in [-0.25, -0.2) is 0 Å². The van der Waals surface area contributed by atoms with Crippen LogP contribution in [0.2, 0.25) is 5.02 Å². The SMILES string of the molecule is C=C(C)CC(N)CSc1ccc(Cl)cc1. The molecule has 0 saturated heterocycles. The van der Waals surface area contributed by atoms with Crippen LogP contribution in [0.25, 0.3) is 0 Å². The van der Waals surface area contributed by atoms with Crippen molar-refractivity contribution in [3.63, 3.8) is 0 Å². The Kier molecular flexibility index (Phi) is 5.23. The van der Waals surface area contributed by atoms with E-state index in [9.17, 15) is 0 Å². The van der Waals surface area contributed by atoms with Gasteiger partial charge in [-0.05, 0) is 37.6 Å². The standard InChI is InChI=1S/C12H16ClNS/c1-9(2)7-11(14)8-15-12-5-3-10(13)4-6-12/h3-6,11H,1,7-8,14H2,2H3. The van der Waals surface area contributed by atoms with E-state index in [4.69, 9.17) is 17.3 Å². The van der Waals surface area contributed by atoms with Crippen molar-refractivity contribution in [1.29, 1.82) is 0 Å². The van der Waals surface area contributed by atoms with Crippen molar-refractivity contribution in [2.75, 3.05) is 5.75 Å². The molecule has 2 N–H and O–H groups in total. The first-order chi connectivity index (χ1) is 7.08. The van der Waals surface area contributed by atoms with Crippen molar-refractivity contribution in [1.82, 2.24) is 0 Å². The Morgan fingerprint density at radius 1 is 1.47 bits per heavy atom. The molecule has 1 rings (SSSR count). The van der Waals surface area contributed by atoms with Crippen molar-refractivity contribution in [2.45, 2.75) is 24.3 Å². The van der Waals surface area contributed by atoms with Gasteiger partial charge in [-0.2, -0.15) is 0 Å². The van der Waals surface area contributed by atoms with Crippen LogP contribution in [0.4, 0.5) is 0 Å². The molecule has 1 unspecified atom stereocenters. The molecule has 0 fully saturated rings. The fraction of sp³-hybridized carbons (Fsp3) is 0.333. The van der Waals surface area contributed by atoms with E-state index in [2.05, 4.69) is 6.58 Å². The summed E-state index contributed by atoms with van der Waals surface area (Å²) in [5, 5.41) is 0.769. The quantitative estimate of drug-likeness (QED) is 0.628. The van der Waals surface area contributed by atoms with Crippen LogP contribution in [0.1, 0.15) is 13.3 Å². The molecule has 1 aromatic rings. The lowest BCUT2D eigenvalue weighted by Gasteiger charge is -2.10. The summed E-state index contributed by atoms with van der Waals surface area (Å²) in [5.41, 5.74) is 7.08. The van der Waals surface area contributed by atoms with Gasteiger partial charge in [0.25, 0.3) is 0 Å². The lowest BCUT2D eigenvalue weighted by molar-refractivity contribution is 0.743. The lowest BCUT2D eigenvalue weighted by atomic mass is 10.1. The lowest BCUT2D eigenvalue weighted by Crippen LogP contribution is -2.22. The molecule has 0 aliphatic carbocycles. The molecular weight excluding hydrogens is 226 g/mol. The van der Waals surface area contributed by atoms with Gasteiger partial charge >= 0.3 is 0 Å². The highest BCUT2D eigenvalue weighted by Crippen LogP contribution is 2.21. The zero-order valence-corrected chi connectivity index (χ0v) is 10.4. The molecule has 0 spiro atoms. The van der Waals surface area contributed by atoms with Crippen molar-refractivity contribution in [3.05, 3.63) is 41.4 Å².